The lowest BCUT2D eigenvalue weighted by atomic mass is 10.1. The van der Waals surface area contributed by atoms with Crippen molar-refractivity contribution < 1.29 is 73.8 Å². The second kappa shape index (κ2) is 51.6. The van der Waals surface area contributed by atoms with Gasteiger partial charge in [0.2, 0.25) is 0 Å². The minimum atomic E-state index is -4.61. The van der Waals surface area contributed by atoms with Crippen molar-refractivity contribution in [1.29, 1.82) is 0 Å². The van der Waals surface area contributed by atoms with E-state index in [-0.39, 0.29) is 107 Å². The van der Waals surface area contributed by atoms with E-state index in [1.165, 1.54) is 139 Å². The number of thiazole rings is 3. The predicted octanol–water partition coefficient (Wildman–Crippen LogP) is 22.3. The number of carbonyl (C=O) groups excluding carboxylic acids is 5. The first-order valence-electron chi connectivity index (χ1n) is 40.2. The molecule has 0 radical (unpaired) electrons. The summed E-state index contributed by atoms with van der Waals surface area (Å²) in [5.41, 5.74) is 5.28. The largest absolute Gasteiger partial charge is 0.444 e. The summed E-state index contributed by atoms with van der Waals surface area (Å²) in [5, 5.41) is 23.8. The van der Waals surface area contributed by atoms with Crippen LogP contribution in [0.25, 0.3) is 30.6 Å². The number of hydrogen-bond donors (Lipinski definition) is 4. The Balaban J connectivity index is 0.000000309. The third-order valence-corrected chi connectivity index (χ3v) is 26.1. The van der Waals surface area contributed by atoms with Crippen LogP contribution in [-0.2, 0) is 72.8 Å². The van der Waals surface area contributed by atoms with Crippen LogP contribution in [-0.4, -0.2) is 194 Å². The number of hydrogen-bond acceptors (Lipinski definition) is 30. The molecule has 12 rings (SSSR count). The Morgan fingerprint density at radius 3 is 1.18 bits per heavy atom. The van der Waals surface area contributed by atoms with Crippen LogP contribution < -0.4 is 31.1 Å². The number of aliphatic hydroxyl groups excluding tert-OH is 1. The van der Waals surface area contributed by atoms with Gasteiger partial charge >= 0.3 is 40.7 Å². The van der Waals surface area contributed by atoms with E-state index in [1.807, 2.05) is 16.1 Å². The number of nitrogens with two attached hydrogens (primary N) is 1. The van der Waals surface area contributed by atoms with E-state index >= 15 is 0 Å². The maximum Gasteiger partial charge on any atom is 0.415 e. The average molecular weight is 2130 g/mol. The Morgan fingerprint density at radius 1 is 0.519 bits per heavy atom. The third-order valence-electron chi connectivity index (χ3n) is 17.3. The molecule has 5 N–H and O–H groups in total. The number of amides is 5. The molecule has 724 valence electrons. The highest BCUT2D eigenvalue weighted by Gasteiger charge is 2.35. The van der Waals surface area contributed by atoms with E-state index in [2.05, 4.69) is 67.4 Å². The topological polar surface area (TPSA) is 355 Å². The number of anilines is 3. The highest BCUT2D eigenvalue weighted by molar-refractivity contribution is 7.86. The second-order valence-electron chi connectivity index (χ2n) is 33.8. The van der Waals surface area contributed by atoms with Crippen molar-refractivity contribution in [1.82, 2.24) is 55.3 Å². The van der Waals surface area contributed by atoms with Gasteiger partial charge in [-0.25, -0.2) is 58.9 Å². The molecule has 0 aromatic carbocycles. The van der Waals surface area contributed by atoms with Gasteiger partial charge in [0, 0.05) is 145 Å². The molecule has 0 spiro atoms. The van der Waals surface area contributed by atoms with Gasteiger partial charge in [0.25, 0.3) is 0 Å². The van der Waals surface area contributed by atoms with Crippen molar-refractivity contribution in [2.75, 3.05) is 67.9 Å². The Hall–Kier alpha value is -6.56. The summed E-state index contributed by atoms with van der Waals surface area (Å²) >= 11 is 47.4. The summed E-state index contributed by atoms with van der Waals surface area (Å²) in [5.74, 6) is 1.22. The zero-order valence-corrected chi connectivity index (χ0v) is 88.2. The van der Waals surface area contributed by atoms with Gasteiger partial charge in [-0.15, -0.1) is 68.0 Å². The lowest BCUT2D eigenvalue weighted by Gasteiger charge is -2.39. The van der Waals surface area contributed by atoms with Gasteiger partial charge in [-0.05, 0) is 155 Å². The van der Waals surface area contributed by atoms with Crippen LogP contribution in [0.2, 0.25) is 30.5 Å². The number of rotatable bonds is 24. The molecule has 1 fully saturated rings. The smallest absolute Gasteiger partial charge is 0.415 e. The number of aliphatic hydroxyl groups is 1. The van der Waals surface area contributed by atoms with E-state index < -0.39 is 99.2 Å². The fraction of sp³-hybridized carbons (Fsp3) is 0.506. The monoisotopic (exact) mass is 2130 g/mol. The van der Waals surface area contributed by atoms with Crippen molar-refractivity contribution in [3.05, 3.63) is 138 Å². The fourth-order valence-corrected chi connectivity index (χ4v) is 19.8. The summed E-state index contributed by atoms with van der Waals surface area (Å²) in [6, 6.07) is 7.40. The lowest BCUT2D eigenvalue weighted by Crippen LogP contribution is -2.50. The van der Waals surface area contributed by atoms with Gasteiger partial charge in [-0.3, -0.25) is 28.5 Å². The first kappa shape index (κ1) is 115. The molecule has 0 bridgehead atoms. The van der Waals surface area contributed by atoms with Crippen molar-refractivity contribution in [3.63, 3.8) is 0 Å². The van der Waals surface area contributed by atoms with Crippen LogP contribution in [0.1, 0.15) is 166 Å². The van der Waals surface area contributed by atoms with Crippen LogP contribution >= 0.6 is 178 Å². The summed E-state index contributed by atoms with van der Waals surface area (Å²) in [7, 11) is -2.48. The number of aromatic nitrogens is 7. The molecule has 2 aliphatic rings. The van der Waals surface area contributed by atoms with Gasteiger partial charge in [-0.1, -0.05) is 79.6 Å². The van der Waals surface area contributed by atoms with Crippen LogP contribution in [0.5, 0.6) is 0 Å². The van der Waals surface area contributed by atoms with Crippen LogP contribution in [0.15, 0.2) is 87.3 Å². The molecule has 131 heavy (non-hydrogen) atoms. The summed E-state index contributed by atoms with van der Waals surface area (Å²) in [6.45, 7) is 30.5. The van der Waals surface area contributed by atoms with Gasteiger partial charge in [0.15, 0.2) is 11.0 Å². The highest BCUT2D eigenvalue weighted by atomic mass is 35.5. The molecule has 10 aromatic heterocycles. The number of ether oxygens (including phenoxy) is 5. The fourth-order valence-electron chi connectivity index (χ4n) is 12.1. The maximum atomic E-state index is 13.4. The quantitative estimate of drug-likeness (QED) is 0.0248. The van der Waals surface area contributed by atoms with Crippen LogP contribution in [0.3, 0.4) is 0 Å². The van der Waals surface area contributed by atoms with Gasteiger partial charge in [-0.2, -0.15) is 48.9 Å². The van der Waals surface area contributed by atoms with Crippen molar-refractivity contribution in [2.24, 2.45) is 10.7 Å². The van der Waals surface area contributed by atoms with E-state index in [4.69, 9.17) is 99.0 Å². The molecule has 0 aliphatic carbocycles. The normalized spacial score (nSPS) is 13.4. The highest BCUT2D eigenvalue weighted by Crippen LogP contribution is 2.47. The number of carbonyl (C=O) groups is 5. The zero-order valence-electron chi connectivity index (χ0n) is 75.0. The molecule has 10 aromatic rings. The molecular formula is C83H111Cl6F3N16O13S10. The van der Waals surface area contributed by atoms with E-state index in [9.17, 15) is 50.2 Å². The van der Waals surface area contributed by atoms with Crippen LogP contribution in [0, 0.1) is 0 Å². The zero-order chi connectivity index (χ0) is 94.6. The molecule has 12 heterocycles. The number of aliphatic imine (C=N–C) groups is 1. The number of thiophene rings is 3. The van der Waals surface area contributed by atoms with E-state index in [0.717, 1.165) is 22.5 Å². The van der Waals surface area contributed by atoms with Gasteiger partial charge in [0.05, 0.1) is 79.2 Å². The van der Waals surface area contributed by atoms with E-state index in [0.29, 0.717) is 102 Å². The van der Waals surface area contributed by atoms with Crippen molar-refractivity contribution in [3.8, 4) is 0 Å². The second-order valence-corrected chi connectivity index (χ2v) is 43.7. The standard InChI is InChI=1S/C25H31Cl2FN4O4S2.C25H32Cl2N4O5S2.C20H23Cl2FN4O2S2.C8H15N3.C5H4FNO2S.3H2S/c1-24(2,3)35-22(33)30-14(7-8-28)11-16-19(27)20-21(38-16)15(12-17(26)31-20)32(13-18-29-9-10-37-18)23(34)36-25(4,5)6;1-24(2,3)35-22(33)29-14(7-9-32)11-16-19(27)20-21(38-16)15(12-17(26)30-20)31(13-18-28-8-10-37-18)23(34)36-25(4,5)6;1-20(2,3)29-19(28)27(10-15-25-6-7-30-15)12-9-14(21)26-17-16(22)13(31-18(12)17)8-11(24)4-5-23;1-10-5-3-7-11-6-2-4-9-8(10)11;6-10(8,9)5-3-1-2-4-7-5;;;/h9-10,12,14H,7-8,11,13H2,1-6H3,(H,30,33);8,10,12,14,32H,7,9,11,13H2,1-6H3,(H,29,33);6-7,9,11H,4-5,8,10,24H2,1-3H3;2-7H2,1H3;1-4H;3*1H2/t2*14-;11-;;;;;/m000...../s1. The first-order valence-corrected chi connectivity index (χ1v) is 49.0. The van der Waals surface area contributed by atoms with Crippen LogP contribution in [0.4, 0.5) is 53.7 Å². The average Bonchev–Trinajstić information content (AvgIpc) is 1.67. The number of alkyl halides is 2. The molecular weight excluding hydrogens is 2020 g/mol. The maximum absolute atomic E-state index is 13.4. The van der Waals surface area contributed by atoms with Gasteiger partial charge in [0.1, 0.15) is 75.0 Å². The van der Waals surface area contributed by atoms with Crippen molar-refractivity contribution >= 4 is 272 Å². The SMILES string of the molecule is CC(C)(C)OC(=O)N(Cc1nccs1)c1cc(Cl)nc2c(Cl)c(C[C@@H](N)CCF)sc12.CC(C)(C)OC(=O)N[C@@H](CCF)Cc1sc2c(N(Cc3nccs3)C(=O)OC(C)(C)C)cc(Cl)nc2c1Cl.CC(C)(C)OC(=O)N[C@@H](CCO)Cc1sc2c(N(Cc3nccs3)C(=O)OC(C)(C)C)cc(Cl)nc2c1Cl.CN1CCCN2CCCN=C12.O=S(=O)(F)c1ccccn1.S.S.S. The molecule has 5 amide bonds. The number of guanidine groups is 1. The lowest BCUT2D eigenvalue weighted by molar-refractivity contribution is 0.0486. The number of nitrogens with zero attached hydrogens (tertiary/aromatic N) is 13. The summed E-state index contributed by atoms with van der Waals surface area (Å²) in [4.78, 5) is 110. The predicted molar refractivity (Wildman–Crippen MR) is 540 cm³/mol. The van der Waals surface area contributed by atoms with E-state index in [1.54, 1.807) is 141 Å². The minimum Gasteiger partial charge on any atom is -0.444 e. The van der Waals surface area contributed by atoms with Gasteiger partial charge < -0.3 is 55.0 Å². The first-order chi connectivity index (χ1) is 59.9. The Bertz CT molecular complexity index is 5320. The third kappa shape index (κ3) is 36.5. The number of alkyl carbamates (subject to hydrolysis) is 2. The molecule has 2 aliphatic heterocycles. The summed E-state index contributed by atoms with van der Waals surface area (Å²) < 4.78 is 87.9. The molecule has 1 saturated heterocycles. The molecule has 3 atom stereocenters. The molecule has 0 unspecified atom stereocenters. The Labute approximate surface area is 836 Å². The Morgan fingerprint density at radius 2 is 0.878 bits per heavy atom. The Kier molecular flexibility index (Phi) is 45.2. The number of pyridine rings is 4. The minimum absolute atomic E-state index is 0. The number of nitrogens with one attached hydrogen (secondary N) is 2. The number of fused-ring (bicyclic) bond motifs is 4. The summed E-state index contributed by atoms with van der Waals surface area (Å²) in [6.07, 6.45) is 7.37. The molecule has 48 heteroatoms. The number of halogens is 9. The van der Waals surface area contributed by atoms with Crippen molar-refractivity contribution in [2.45, 2.75) is 226 Å². The molecule has 29 nitrogen and oxygen atoms in total. The molecule has 0 saturated carbocycles.